The molecular formula is C16H27FN4. The summed E-state index contributed by atoms with van der Waals surface area (Å²) in [5, 5.41) is 3.28. The fourth-order valence-corrected chi connectivity index (χ4v) is 2.99. The summed E-state index contributed by atoms with van der Waals surface area (Å²) in [5.41, 5.74) is 0.958. The van der Waals surface area contributed by atoms with Crippen LogP contribution in [0.5, 0.6) is 0 Å². The molecule has 1 atom stereocenters. The van der Waals surface area contributed by atoms with Gasteiger partial charge in [0, 0.05) is 31.2 Å². The summed E-state index contributed by atoms with van der Waals surface area (Å²) in [4.78, 5) is 9.16. The smallest absolute Gasteiger partial charge is 0.141 e. The predicted molar refractivity (Wildman–Crippen MR) is 85.1 cm³/mol. The summed E-state index contributed by atoms with van der Waals surface area (Å²) in [6, 6.07) is 2.06. The van der Waals surface area contributed by atoms with Gasteiger partial charge in [0.15, 0.2) is 0 Å². The lowest BCUT2D eigenvalue weighted by Gasteiger charge is -2.32. The second-order valence-electron chi connectivity index (χ2n) is 5.79. The van der Waals surface area contributed by atoms with Crippen molar-refractivity contribution >= 4 is 5.82 Å². The highest BCUT2D eigenvalue weighted by molar-refractivity contribution is 5.48. The minimum Gasteiger partial charge on any atom is -0.352 e. The number of hydrogen-bond donors (Lipinski definition) is 1. The molecule has 118 valence electrons. The third-order valence-corrected chi connectivity index (χ3v) is 4.12. The second-order valence-corrected chi connectivity index (χ2v) is 5.79. The fraction of sp³-hybridized carbons (Fsp3) is 0.688. The van der Waals surface area contributed by atoms with Gasteiger partial charge in [-0.15, -0.1) is 0 Å². The van der Waals surface area contributed by atoms with Crippen molar-refractivity contribution in [2.45, 2.75) is 39.3 Å². The molecule has 21 heavy (non-hydrogen) atoms. The maximum Gasteiger partial charge on any atom is 0.141 e. The van der Waals surface area contributed by atoms with Gasteiger partial charge >= 0.3 is 0 Å². The van der Waals surface area contributed by atoms with E-state index in [0.717, 1.165) is 50.4 Å². The summed E-state index contributed by atoms with van der Waals surface area (Å²) < 4.78 is 13.5. The molecule has 1 saturated heterocycles. The molecule has 1 fully saturated rings. The van der Waals surface area contributed by atoms with E-state index in [4.69, 9.17) is 0 Å². The van der Waals surface area contributed by atoms with Gasteiger partial charge in [0.05, 0.1) is 6.20 Å². The largest absolute Gasteiger partial charge is 0.352 e. The standard InChI is InChI=1S/C16H27FN4/c1-4-15-12-20(3)7-6-8-21(15)16-13(10-18-5-2)9-14(17)11-19-16/h9,11,15,18H,4-8,10,12H2,1-3H3. The van der Waals surface area contributed by atoms with Crippen molar-refractivity contribution in [1.82, 2.24) is 15.2 Å². The molecule has 0 aromatic carbocycles. The molecule has 1 aliphatic heterocycles. The SMILES string of the molecule is CCNCc1cc(F)cnc1N1CCCN(C)CC1CC. The van der Waals surface area contributed by atoms with E-state index in [1.165, 1.54) is 6.20 Å². The summed E-state index contributed by atoms with van der Waals surface area (Å²) >= 11 is 0. The number of anilines is 1. The molecule has 2 heterocycles. The summed E-state index contributed by atoms with van der Waals surface area (Å²) in [7, 11) is 2.17. The number of nitrogens with zero attached hydrogens (tertiary/aromatic N) is 3. The van der Waals surface area contributed by atoms with Crippen LogP contribution in [-0.4, -0.2) is 49.2 Å². The van der Waals surface area contributed by atoms with Gasteiger partial charge in [-0.1, -0.05) is 13.8 Å². The normalized spacial score (nSPS) is 20.6. The Bertz CT molecular complexity index is 452. The number of rotatable bonds is 5. The Kier molecular flexibility index (Phi) is 5.94. The minimum absolute atomic E-state index is 0.258. The van der Waals surface area contributed by atoms with Crippen LogP contribution in [0.3, 0.4) is 0 Å². The molecule has 2 rings (SSSR count). The number of nitrogens with one attached hydrogen (secondary N) is 1. The number of likely N-dealkylation sites (N-methyl/N-ethyl adjacent to an activating group) is 1. The Labute approximate surface area is 127 Å². The Morgan fingerprint density at radius 2 is 2.19 bits per heavy atom. The Morgan fingerprint density at radius 1 is 1.38 bits per heavy atom. The van der Waals surface area contributed by atoms with Crippen LogP contribution in [0.15, 0.2) is 12.3 Å². The summed E-state index contributed by atoms with van der Waals surface area (Å²) in [6.07, 6.45) is 3.53. The van der Waals surface area contributed by atoms with E-state index < -0.39 is 0 Å². The lowest BCUT2D eigenvalue weighted by atomic mass is 10.1. The van der Waals surface area contributed by atoms with E-state index in [0.29, 0.717) is 12.6 Å². The number of hydrogen-bond acceptors (Lipinski definition) is 4. The minimum atomic E-state index is -0.258. The quantitative estimate of drug-likeness (QED) is 0.902. The van der Waals surface area contributed by atoms with Crippen LogP contribution in [-0.2, 0) is 6.54 Å². The van der Waals surface area contributed by atoms with Crippen LogP contribution in [0.2, 0.25) is 0 Å². The average Bonchev–Trinajstić information content (AvgIpc) is 2.66. The highest BCUT2D eigenvalue weighted by Gasteiger charge is 2.25. The van der Waals surface area contributed by atoms with Crippen molar-refractivity contribution in [1.29, 1.82) is 0 Å². The molecule has 5 heteroatoms. The van der Waals surface area contributed by atoms with Crippen LogP contribution in [0.25, 0.3) is 0 Å². The molecule has 1 aliphatic rings. The van der Waals surface area contributed by atoms with E-state index in [1.807, 2.05) is 0 Å². The molecule has 1 N–H and O–H groups in total. The van der Waals surface area contributed by atoms with Crippen LogP contribution < -0.4 is 10.2 Å². The maximum atomic E-state index is 13.5. The Hall–Kier alpha value is -1.20. The third-order valence-electron chi connectivity index (χ3n) is 4.12. The van der Waals surface area contributed by atoms with Gasteiger partial charge in [0.25, 0.3) is 0 Å². The highest BCUT2D eigenvalue weighted by Crippen LogP contribution is 2.24. The molecule has 0 radical (unpaired) electrons. The van der Waals surface area contributed by atoms with Gasteiger partial charge < -0.3 is 15.1 Å². The molecule has 1 unspecified atom stereocenters. The van der Waals surface area contributed by atoms with Gasteiger partial charge in [0.2, 0.25) is 0 Å². The van der Waals surface area contributed by atoms with Crippen molar-refractivity contribution in [2.24, 2.45) is 0 Å². The van der Waals surface area contributed by atoms with Crippen molar-refractivity contribution < 1.29 is 4.39 Å². The van der Waals surface area contributed by atoms with Crippen LogP contribution in [0.4, 0.5) is 10.2 Å². The highest BCUT2D eigenvalue weighted by atomic mass is 19.1. The summed E-state index contributed by atoms with van der Waals surface area (Å²) in [6.45, 7) is 8.94. The molecule has 1 aromatic rings. The first-order chi connectivity index (χ1) is 10.2. The third kappa shape index (κ3) is 4.14. The predicted octanol–water partition coefficient (Wildman–Crippen LogP) is 2.25. The van der Waals surface area contributed by atoms with Gasteiger partial charge in [0.1, 0.15) is 11.6 Å². The first-order valence-corrected chi connectivity index (χ1v) is 7.96. The second kappa shape index (κ2) is 7.71. The number of aromatic nitrogens is 1. The van der Waals surface area contributed by atoms with E-state index in [2.05, 4.69) is 41.0 Å². The van der Waals surface area contributed by atoms with Gasteiger partial charge in [-0.25, -0.2) is 9.37 Å². The lowest BCUT2D eigenvalue weighted by Crippen LogP contribution is -2.41. The molecule has 0 aliphatic carbocycles. The molecule has 4 nitrogen and oxygen atoms in total. The van der Waals surface area contributed by atoms with E-state index in [1.54, 1.807) is 6.07 Å². The molecule has 0 bridgehead atoms. The number of halogens is 1. The zero-order chi connectivity index (χ0) is 15.2. The Morgan fingerprint density at radius 3 is 2.90 bits per heavy atom. The van der Waals surface area contributed by atoms with Crippen LogP contribution in [0.1, 0.15) is 32.3 Å². The zero-order valence-electron chi connectivity index (χ0n) is 13.4. The topological polar surface area (TPSA) is 31.4 Å². The van der Waals surface area contributed by atoms with Crippen molar-refractivity contribution in [3.8, 4) is 0 Å². The lowest BCUT2D eigenvalue weighted by molar-refractivity contribution is 0.327. The van der Waals surface area contributed by atoms with E-state index in [9.17, 15) is 4.39 Å². The van der Waals surface area contributed by atoms with Crippen LogP contribution in [0, 0.1) is 5.82 Å². The van der Waals surface area contributed by atoms with Gasteiger partial charge in [-0.2, -0.15) is 0 Å². The van der Waals surface area contributed by atoms with Crippen molar-refractivity contribution in [3.63, 3.8) is 0 Å². The molecule has 0 saturated carbocycles. The van der Waals surface area contributed by atoms with Crippen LogP contribution >= 0.6 is 0 Å². The van der Waals surface area contributed by atoms with Crippen molar-refractivity contribution in [2.75, 3.05) is 38.1 Å². The monoisotopic (exact) mass is 294 g/mol. The first kappa shape index (κ1) is 16.2. The number of pyridine rings is 1. The molecule has 1 aromatic heterocycles. The molecular weight excluding hydrogens is 267 g/mol. The van der Waals surface area contributed by atoms with Crippen molar-refractivity contribution in [3.05, 3.63) is 23.6 Å². The molecule has 0 amide bonds. The van der Waals surface area contributed by atoms with E-state index in [-0.39, 0.29) is 5.82 Å². The van der Waals surface area contributed by atoms with Gasteiger partial charge in [-0.05, 0) is 39.0 Å². The summed E-state index contributed by atoms with van der Waals surface area (Å²) in [5.74, 6) is 0.686. The Balaban J connectivity index is 2.29. The first-order valence-electron chi connectivity index (χ1n) is 7.96. The fourth-order valence-electron chi connectivity index (χ4n) is 2.99. The molecule has 0 spiro atoms. The zero-order valence-corrected chi connectivity index (χ0v) is 13.4. The van der Waals surface area contributed by atoms with E-state index >= 15 is 0 Å². The van der Waals surface area contributed by atoms with Gasteiger partial charge in [-0.3, -0.25) is 0 Å². The maximum absolute atomic E-state index is 13.5. The average molecular weight is 294 g/mol.